The van der Waals surface area contributed by atoms with E-state index in [2.05, 4.69) is 35.4 Å². The Morgan fingerprint density at radius 2 is 1.62 bits per heavy atom. The molecule has 3 heterocycles. The highest BCUT2D eigenvalue weighted by atomic mass is 32.1. The molecule has 7 heteroatoms. The molecule has 0 N–H and O–H groups in total. The minimum absolute atomic E-state index is 0.847. The molecule has 1 fully saturated rings. The molecule has 0 spiro atoms. The smallest absolute Gasteiger partial charge is 0.205 e. The van der Waals surface area contributed by atoms with Crippen molar-refractivity contribution >= 4 is 22.5 Å². The minimum atomic E-state index is 0.847. The van der Waals surface area contributed by atoms with Crippen molar-refractivity contribution in [2.75, 3.05) is 36.0 Å². The van der Waals surface area contributed by atoms with Gasteiger partial charge in [-0.05, 0) is 19.1 Å². The summed E-state index contributed by atoms with van der Waals surface area (Å²) in [6.45, 7) is 5.61. The minimum Gasteiger partial charge on any atom is -0.352 e. The molecule has 4 rings (SSSR count). The van der Waals surface area contributed by atoms with Crippen LogP contribution in [0, 0.1) is 6.92 Å². The van der Waals surface area contributed by atoms with Gasteiger partial charge in [-0.3, -0.25) is 0 Å². The Labute approximate surface area is 145 Å². The van der Waals surface area contributed by atoms with Crippen molar-refractivity contribution in [3.05, 3.63) is 48.3 Å². The fourth-order valence-electron chi connectivity index (χ4n) is 2.80. The van der Waals surface area contributed by atoms with Crippen LogP contribution in [0.2, 0.25) is 0 Å². The van der Waals surface area contributed by atoms with E-state index in [0.29, 0.717) is 0 Å². The van der Waals surface area contributed by atoms with E-state index in [1.165, 1.54) is 11.5 Å². The number of rotatable bonds is 3. The Morgan fingerprint density at radius 3 is 2.25 bits per heavy atom. The van der Waals surface area contributed by atoms with Gasteiger partial charge in [0.05, 0.1) is 5.69 Å². The van der Waals surface area contributed by atoms with Crippen molar-refractivity contribution in [3.63, 3.8) is 0 Å². The van der Waals surface area contributed by atoms with E-state index in [9.17, 15) is 0 Å². The molecule has 1 aliphatic rings. The van der Waals surface area contributed by atoms with E-state index in [1.807, 2.05) is 43.3 Å². The van der Waals surface area contributed by atoms with Crippen LogP contribution in [0.1, 0.15) is 5.82 Å². The predicted molar refractivity (Wildman–Crippen MR) is 96.5 cm³/mol. The average molecular weight is 338 g/mol. The summed E-state index contributed by atoms with van der Waals surface area (Å²) in [4.78, 5) is 9.02. The first kappa shape index (κ1) is 15.0. The van der Waals surface area contributed by atoms with Gasteiger partial charge in [0.2, 0.25) is 5.13 Å². The monoisotopic (exact) mass is 338 g/mol. The zero-order valence-corrected chi connectivity index (χ0v) is 14.3. The SMILES string of the molecule is Cc1nsc(N2CCN(c3ccc(-c4ccccc4)nn3)CC2)n1. The number of nitrogens with zero attached hydrogens (tertiary/aromatic N) is 6. The van der Waals surface area contributed by atoms with Crippen LogP contribution in [0.4, 0.5) is 10.9 Å². The summed E-state index contributed by atoms with van der Waals surface area (Å²) in [5.74, 6) is 1.78. The van der Waals surface area contributed by atoms with Crippen LogP contribution >= 0.6 is 11.5 Å². The maximum atomic E-state index is 4.46. The fourth-order valence-corrected chi connectivity index (χ4v) is 3.52. The number of benzene rings is 1. The topological polar surface area (TPSA) is 58.0 Å². The maximum absolute atomic E-state index is 4.46. The van der Waals surface area contributed by atoms with Gasteiger partial charge in [-0.1, -0.05) is 30.3 Å². The average Bonchev–Trinajstić information content (AvgIpc) is 3.09. The van der Waals surface area contributed by atoms with E-state index in [1.54, 1.807) is 0 Å². The van der Waals surface area contributed by atoms with Crippen LogP contribution in [0.25, 0.3) is 11.3 Å². The molecule has 3 aromatic rings. The molecule has 6 nitrogen and oxygen atoms in total. The highest BCUT2D eigenvalue weighted by molar-refractivity contribution is 7.09. The second-order valence-electron chi connectivity index (χ2n) is 5.74. The summed E-state index contributed by atoms with van der Waals surface area (Å²) in [6.07, 6.45) is 0. The Balaban J connectivity index is 1.42. The third kappa shape index (κ3) is 3.07. The largest absolute Gasteiger partial charge is 0.352 e. The van der Waals surface area contributed by atoms with E-state index in [0.717, 1.165) is 54.2 Å². The van der Waals surface area contributed by atoms with Crippen LogP contribution < -0.4 is 9.80 Å². The Kier molecular flexibility index (Phi) is 4.08. The molecular formula is C17H18N6S. The maximum Gasteiger partial charge on any atom is 0.205 e. The summed E-state index contributed by atoms with van der Waals surface area (Å²) in [5.41, 5.74) is 2.00. The van der Waals surface area contributed by atoms with Gasteiger partial charge in [-0.15, -0.1) is 10.2 Å². The molecule has 0 amide bonds. The van der Waals surface area contributed by atoms with Crippen molar-refractivity contribution in [3.8, 4) is 11.3 Å². The molecule has 0 radical (unpaired) electrons. The lowest BCUT2D eigenvalue weighted by molar-refractivity contribution is 0.642. The number of aryl methyl sites for hydroxylation is 1. The molecule has 122 valence electrons. The third-order valence-electron chi connectivity index (χ3n) is 4.11. The fraction of sp³-hybridized carbons (Fsp3) is 0.294. The standard InChI is InChI=1S/C17H18N6S/c1-13-18-17(24-21-13)23-11-9-22(10-12-23)16-8-7-15(19-20-16)14-5-3-2-4-6-14/h2-8H,9-12H2,1H3. The van der Waals surface area contributed by atoms with Gasteiger partial charge in [-0.25, -0.2) is 4.98 Å². The second kappa shape index (κ2) is 6.52. The summed E-state index contributed by atoms with van der Waals surface area (Å²) < 4.78 is 4.26. The molecule has 1 aliphatic heterocycles. The zero-order valence-electron chi connectivity index (χ0n) is 13.5. The number of piperazine rings is 1. The van der Waals surface area contributed by atoms with Gasteiger partial charge in [0, 0.05) is 43.3 Å². The molecule has 0 bridgehead atoms. The number of hydrogen-bond donors (Lipinski definition) is 0. The molecule has 0 atom stereocenters. The quantitative estimate of drug-likeness (QED) is 0.732. The van der Waals surface area contributed by atoms with Crippen molar-refractivity contribution < 1.29 is 0 Å². The van der Waals surface area contributed by atoms with Crippen molar-refractivity contribution in [2.24, 2.45) is 0 Å². The van der Waals surface area contributed by atoms with E-state index >= 15 is 0 Å². The van der Waals surface area contributed by atoms with Crippen LogP contribution in [0.15, 0.2) is 42.5 Å². The molecule has 24 heavy (non-hydrogen) atoms. The Bertz CT molecular complexity index is 793. The summed E-state index contributed by atoms with van der Waals surface area (Å²) in [7, 11) is 0. The predicted octanol–water partition coefficient (Wildman–Crippen LogP) is 2.63. The highest BCUT2D eigenvalue weighted by Gasteiger charge is 2.20. The number of anilines is 2. The molecular weight excluding hydrogens is 320 g/mol. The van der Waals surface area contributed by atoms with Gasteiger partial charge in [0.25, 0.3) is 0 Å². The van der Waals surface area contributed by atoms with Crippen molar-refractivity contribution in [1.29, 1.82) is 0 Å². The molecule has 1 saturated heterocycles. The van der Waals surface area contributed by atoms with Crippen LogP contribution in [0.5, 0.6) is 0 Å². The Hall–Kier alpha value is -2.54. The van der Waals surface area contributed by atoms with Gasteiger partial charge in [-0.2, -0.15) is 4.37 Å². The third-order valence-corrected chi connectivity index (χ3v) is 4.98. The van der Waals surface area contributed by atoms with E-state index in [-0.39, 0.29) is 0 Å². The van der Waals surface area contributed by atoms with Crippen LogP contribution in [-0.4, -0.2) is 45.7 Å². The lowest BCUT2D eigenvalue weighted by atomic mass is 10.1. The first-order valence-corrected chi connectivity index (χ1v) is 8.76. The normalized spacial score (nSPS) is 14.9. The lowest BCUT2D eigenvalue weighted by Gasteiger charge is -2.34. The van der Waals surface area contributed by atoms with Crippen LogP contribution in [-0.2, 0) is 0 Å². The van der Waals surface area contributed by atoms with Gasteiger partial charge in [0.1, 0.15) is 5.82 Å². The molecule has 2 aromatic heterocycles. The molecule has 1 aromatic carbocycles. The molecule has 0 unspecified atom stereocenters. The number of hydrogen-bond acceptors (Lipinski definition) is 7. The lowest BCUT2D eigenvalue weighted by Crippen LogP contribution is -2.46. The summed E-state index contributed by atoms with van der Waals surface area (Å²) in [5, 5.41) is 9.80. The highest BCUT2D eigenvalue weighted by Crippen LogP contribution is 2.22. The second-order valence-corrected chi connectivity index (χ2v) is 6.47. The van der Waals surface area contributed by atoms with Crippen LogP contribution in [0.3, 0.4) is 0 Å². The van der Waals surface area contributed by atoms with Gasteiger partial charge in [0.15, 0.2) is 5.82 Å². The van der Waals surface area contributed by atoms with Gasteiger partial charge >= 0.3 is 0 Å². The van der Waals surface area contributed by atoms with Crippen molar-refractivity contribution in [2.45, 2.75) is 6.92 Å². The van der Waals surface area contributed by atoms with Crippen molar-refractivity contribution in [1.82, 2.24) is 19.6 Å². The van der Waals surface area contributed by atoms with Gasteiger partial charge < -0.3 is 9.80 Å². The van der Waals surface area contributed by atoms with E-state index in [4.69, 9.17) is 0 Å². The molecule has 0 aliphatic carbocycles. The van der Waals surface area contributed by atoms with E-state index < -0.39 is 0 Å². The zero-order chi connectivity index (χ0) is 16.4. The molecule has 0 saturated carbocycles. The first-order chi connectivity index (χ1) is 11.8. The summed E-state index contributed by atoms with van der Waals surface area (Å²) in [6, 6.07) is 14.2. The Morgan fingerprint density at radius 1 is 0.875 bits per heavy atom. The number of aromatic nitrogens is 4. The first-order valence-electron chi connectivity index (χ1n) is 7.99. The summed E-state index contributed by atoms with van der Waals surface area (Å²) >= 11 is 1.47.